The molecule has 0 aliphatic rings. The molecule has 1 aromatic heterocycles. The molecule has 4 rings (SSSR count). The van der Waals surface area contributed by atoms with E-state index in [-0.39, 0.29) is 5.91 Å². The SMILES string of the molecule is COCCN(Cc1c(C)nn(-c2ccccc2)c1Oc1cccc(C)c1)C(=O)c1cccc(OC)c1. The Morgan fingerprint density at radius 3 is 2.39 bits per heavy atom. The van der Waals surface area contributed by atoms with Gasteiger partial charge in [0.15, 0.2) is 0 Å². The molecule has 0 aliphatic carbocycles. The van der Waals surface area contributed by atoms with Gasteiger partial charge in [0.05, 0.1) is 37.2 Å². The van der Waals surface area contributed by atoms with Crippen molar-refractivity contribution in [1.82, 2.24) is 14.7 Å². The van der Waals surface area contributed by atoms with E-state index in [0.29, 0.717) is 42.6 Å². The lowest BCUT2D eigenvalue weighted by molar-refractivity contribution is 0.0678. The molecule has 0 bridgehead atoms. The van der Waals surface area contributed by atoms with E-state index in [1.807, 2.05) is 80.6 Å². The molecule has 0 unspecified atom stereocenters. The number of hydrogen-bond donors (Lipinski definition) is 0. The Morgan fingerprint density at radius 2 is 1.67 bits per heavy atom. The van der Waals surface area contributed by atoms with Crippen LogP contribution in [0.15, 0.2) is 78.9 Å². The number of para-hydroxylation sites is 1. The number of amides is 1. The van der Waals surface area contributed by atoms with Gasteiger partial charge in [0.2, 0.25) is 5.88 Å². The highest BCUT2D eigenvalue weighted by atomic mass is 16.5. The molecule has 186 valence electrons. The van der Waals surface area contributed by atoms with Crippen molar-refractivity contribution in [2.24, 2.45) is 0 Å². The minimum Gasteiger partial charge on any atom is -0.497 e. The van der Waals surface area contributed by atoms with Crippen molar-refractivity contribution in [1.29, 1.82) is 0 Å². The number of aromatic nitrogens is 2. The maximum Gasteiger partial charge on any atom is 0.254 e. The molecule has 4 aromatic rings. The highest BCUT2D eigenvalue weighted by molar-refractivity contribution is 5.94. The third-order valence-corrected chi connectivity index (χ3v) is 5.86. The van der Waals surface area contributed by atoms with Crippen LogP contribution in [-0.4, -0.2) is 48.0 Å². The number of benzene rings is 3. The topological polar surface area (TPSA) is 65.8 Å². The van der Waals surface area contributed by atoms with E-state index in [2.05, 4.69) is 0 Å². The van der Waals surface area contributed by atoms with Crippen molar-refractivity contribution >= 4 is 5.91 Å². The lowest BCUT2D eigenvalue weighted by Crippen LogP contribution is -2.33. The van der Waals surface area contributed by atoms with Crippen LogP contribution in [0.1, 0.15) is 27.2 Å². The molecular weight excluding hydrogens is 454 g/mol. The van der Waals surface area contributed by atoms with Gasteiger partial charge in [0.1, 0.15) is 11.5 Å². The van der Waals surface area contributed by atoms with E-state index in [1.165, 1.54) is 0 Å². The van der Waals surface area contributed by atoms with Crippen molar-refractivity contribution in [3.05, 3.63) is 101 Å². The van der Waals surface area contributed by atoms with Crippen molar-refractivity contribution < 1.29 is 19.0 Å². The Hall–Kier alpha value is -4.10. The van der Waals surface area contributed by atoms with Gasteiger partial charge in [0.25, 0.3) is 5.91 Å². The van der Waals surface area contributed by atoms with Crippen LogP contribution in [0.2, 0.25) is 0 Å². The molecule has 0 atom stereocenters. The van der Waals surface area contributed by atoms with Crippen LogP contribution in [0.4, 0.5) is 0 Å². The summed E-state index contributed by atoms with van der Waals surface area (Å²) in [5.74, 6) is 1.78. The lowest BCUT2D eigenvalue weighted by atomic mass is 10.1. The van der Waals surface area contributed by atoms with E-state index in [0.717, 1.165) is 22.5 Å². The summed E-state index contributed by atoms with van der Waals surface area (Å²) in [4.78, 5) is 15.3. The summed E-state index contributed by atoms with van der Waals surface area (Å²) in [6.45, 7) is 5.07. The molecule has 1 amide bonds. The maximum absolute atomic E-state index is 13.6. The van der Waals surface area contributed by atoms with E-state index in [1.54, 1.807) is 35.9 Å². The first-order valence-corrected chi connectivity index (χ1v) is 11.8. The van der Waals surface area contributed by atoms with Gasteiger partial charge in [-0.1, -0.05) is 36.4 Å². The van der Waals surface area contributed by atoms with Gasteiger partial charge in [-0.25, -0.2) is 4.68 Å². The van der Waals surface area contributed by atoms with Gasteiger partial charge in [0, 0.05) is 19.2 Å². The van der Waals surface area contributed by atoms with Crippen molar-refractivity contribution in [3.63, 3.8) is 0 Å². The number of hydrogen-bond acceptors (Lipinski definition) is 5. The largest absolute Gasteiger partial charge is 0.497 e. The molecule has 0 radical (unpaired) electrons. The first-order chi connectivity index (χ1) is 17.5. The first kappa shape index (κ1) is 25.0. The molecule has 1 heterocycles. The normalized spacial score (nSPS) is 10.8. The van der Waals surface area contributed by atoms with Gasteiger partial charge < -0.3 is 19.1 Å². The average molecular weight is 486 g/mol. The van der Waals surface area contributed by atoms with Crippen molar-refractivity contribution in [3.8, 4) is 23.1 Å². The van der Waals surface area contributed by atoms with E-state index >= 15 is 0 Å². The predicted molar refractivity (Wildman–Crippen MR) is 139 cm³/mol. The number of nitrogens with zero attached hydrogens (tertiary/aromatic N) is 3. The fourth-order valence-electron chi connectivity index (χ4n) is 3.94. The van der Waals surface area contributed by atoms with Crippen LogP contribution in [-0.2, 0) is 11.3 Å². The van der Waals surface area contributed by atoms with E-state index < -0.39 is 0 Å². The summed E-state index contributed by atoms with van der Waals surface area (Å²) in [6, 6.07) is 24.9. The summed E-state index contributed by atoms with van der Waals surface area (Å²) < 4.78 is 18.9. The number of aryl methyl sites for hydroxylation is 2. The van der Waals surface area contributed by atoms with Crippen molar-refractivity contribution in [2.45, 2.75) is 20.4 Å². The van der Waals surface area contributed by atoms with Crippen LogP contribution >= 0.6 is 0 Å². The van der Waals surface area contributed by atoms with Gasteiger partial charge in [-0.05, 0) is 61.9 Å². The summed E-state index contributed by atoms with van der Waals surface area (Å²) in [5, 5.41) is 4.79. The zero-order chi connectivity index (χ0) is 25.5. The second-order valence-electron chi connectivity index (χ2n) is 8.49. The predicted octanol–water partition coefficient (Wildman–Crippen LogP) is 5.58. The third-order valence-electron chi connectivity index (χ3n) is 5.86. The standard InChI is InChI=1S/C29H31N3O4/c1-21-10-8-15-26(18-21)36-29-27(22(2)30-32(29)24-12-6-5-7-13-24)20-31(16-17-34-3)28(33)23-11-9-14-25(19-23)35-4/h5-15,18-19H,16-17,20H2,1-4H3. The summed E-state index contributed by atoms with van der Waals surface area (Å²) in [6.07, 6.45) is 0. The molecule has 0 saturated carbocycles. The molecule has 0 saturated heterocycles. The average Bonchev–Trinajstić information content (AvgIpc) is 3.21. The van der Waals surface area contributed by atoms with Gasteiger partial charge in [-0.3, -0.25) is 4.79 Å². The lowest BCUT2D eigenvalue weighted by Gasteiger charge is -2.23. The second kappa shape index (κ2) is 11.6. The summed E-state index contributed by atoms with van der Waals surface area (Å²) >= 11 is 0. The minimum absolute atomic E-state index is 0.126. The van der Waals surface area contributed by atoms with Crippen LogP contribution < -0.4 is 9.47 Å². The summed E-state index contributed by atoms with van der Waals surface area (Å²) in [7, 11) is 3.21. The molecule has 36 heavy (non-hydrogen) atoms. The Bertz CT molecular complexity index is 1320. The molecule has 3 aromatic carbocycles. The molecule has 7 nitrogen and oxygen atoms in total. The third kappa shape index (κ3) is 5.75. The Morgan fingerprint density at radius 1 is 0.917 bits per heavy atom. The van der Waals surface area contributed by atoms with E-state index in [9.17, 15) is 4.79 Å². The van der Waals surface area contributed by atoms with Gasteiger partial charge >= 0.3 is 0 Å². The zero-order valence-electron chi connectivity index (χ0n) is 21.1. The van der Waals surface area contributed by atoms with Crippen LogP contribution in [0.25, 0.3) is 5.69 Å². The number of carbonyl (C=O) groups is 1. The molecule has 0 aliphatic heterocycles. The fourth-order valence-corrected chi connectivity index (χ4v) is 3.94. The Balaban J connectivity index is 1.75. The first-order valence-electron chi connectivity index (χ1n) is 11.8. The van der Waals surface area contributed by atoms with Gasteiger partial charge in [-0.15, -0.1) is 0 Å². The fraction of sp³-hybridized carbons (Fsp3) is 0.241. The maximum atomic E-state index is 13.6. The minimum atomic E-state index is -0.126. The zero-order valence-corrected chi connectivity index (χ0v) is 21.1. The smallest absolute Gasteiger partial charge is 0.254 e. The van der Waals surface area contributed by atoms with Gasteiger partial charge in [-0.2, -0.15) is 5.10 Å². The van der Waals surface area contributed by atoms with Crippen LogP contribution in [0, 0.1) is 13.8 Å². The number of rotatable bonds is 10. The summed E-state index contributed by atoms with van der Waals surface area (Å²) in [5.41, 5.74) is 4.11. The Labute approximate surface area is 211 Å². The Kier molecular flexibility index (Phi) is 8.02. The molecular formula is C29H31N3O4. The van der Waals surface area contributed by atoms with Crippen molar-refractivity contribution in [2.75, 3.05) is 27.4 Å². The highest BCUT2D eigenvalue weighted by Crippen LogP contribution is 2.32. The molecule has 0 fully saturated rings. The number of ether oxygens (including phenoxy) is 3. The van der Waals surface area contributed by atoms with Crippen LogP contribution in [0.5, 0.6) is 17.4 Å². The molecule has 0 N–H and O–H groups in total. The second-order valence-corrected chi connectivity index (χ2v) is 8.49. The number of carbonyl (C=O) groups excluding carboxylic acids is 1. The molecule has 7 heteroatoms. The van der Waals surface area contributed by atoms with E-state index in [4.69, 9.17) is 19.3 Å². The van der Waals surface area contributed by atoms with Crippen LogP contribution in [0.3, 0.4) is 0 Å². The quantitative estimate of drug-likeness (QED) is 0.293. The highest BCUT2D eigenvalue weighted by Gasteiger charge is 2.24. The number of methoxy groups -OCH3 is 2. The monoisotopic (exact) mass is 485 g/mol. The molecule has 0 spiro atoms.